The van der Waals surface area contributed by atoms with Crippen LogP contribution in [0, 0.1) is 25.6 Å². The molecule has 0 spiro atoms. The number of carbonyl (C=O) groups is 1. The Morgan fingerprint density at radius 1 is 1.03 bits per heavy atom. The number of nitrogens with one attached hydrogen (secondary N) is 1. The number of rotatable bonds is 5. The molecule has 0 fully saturated rings. The molecule has 3 aromatic carbocycles. The minimum atomic E-state index is -0.297. The van der Waals surface area contributed by atoms with Gasteiger partial charge in [0.25, 0.3) is 0 Å². The van der Waals surface area contributed by atoms with E-state index in [9.17, 15) is 9.18 Å². The average Bonchev–Trinajstić information content (AvgIpc) is 3.14. The van der Waals surface area contributed by atoms with Crippen LogP contribution >= 0.6 is 0 Å². The predicted molar refractivity (Wildman–Crippen MR) is 131 cm³/mol. The summed E-state index contributed by atoms with van der Waals surface area (Å²) >= 11 is 0. The molecule has 0 radical (unpaired) electrons. The molecular weight excluding hydrogens is 411 g/mol. The van der Waals surface area contributed by atoms with Crippen molar-refractivity contribution in [3.05, 3.63) is 112 Å². The van der Waals surface area contributed by atoms with E-state index < -0.39 is 0 Å². The second kappa shape index (κ2) is 8.70. The molecule has 0 saturated carbocycles. The maximum Gasteiger partial charge on any atom is 0.227 e. The highest BCUT2D eigenvalue weighted by molar-refractivity contribution is 5.91. The SMILES string of the molecule is Cc1ccc(C)c(Cn2c3c(c4ccccc42)CC(C(=O)NCc2ccccc2F)C=C3)c1. The highest BCUT2D eigenvalue weighted by Gasteiger charge is 2.26. The minimum Gasteiger partial charge on any atom is -0.351 e. The number of hydrogen-bond donors (Lipinski definition) is 1. The van der Waals surface area contributed by atoms with Gasteiger partial charge in [0.1, 0.15) is 5.82 Å². The summed E-state index contributed by atoms with van der Waals surface area (Å²) in [5.41, 5.74) is 7.87. The molecule has 3 nitrogen and oxygen atoms in total. The molecule has 0 saturated heterocycles. The van der Waals surface area contributed by atoms with Crippen LogP contribution in [0.5, 0.6) is 0 Å². The summed E-state index contributed by atoms with van der Waals surface area (Å²) in [7, 11) is 0. The lowest BCUT2D eigenvalue weighted by Crippen LogP contribution is -2.31. The number of benzene rings is 3. The van der Waals surface area contributed by atoms with Gasteiger partial charge in [-0.3, -0.25) is 4.79 Å². The van der Waals surface area contributed by atoms with Gasteiger partial charge in [-0.1, -0.05) is 66.2 Å². The van der Waals surface area contributed by atoms with E-state index in [1.807, 2.05) is 6.08 Å². The smallest absolute Gasteiger partial charge is 0.227 e. The number of fused-ring (bicyclic) bond motifs is 3. The standard InChI is InChI=1S/C29H27FN2O/c1-19-11-12-20(2)23(15-19)18-32-27-10-6-4-8-24(27)25-16-21(13-14-28(25)32)29(33)31-17-22-7-3-5-9-26(22)30/h3-15,21H,16-18H2,1-2H3,(H,31,33). The van der Waals surface area contributed by atoms with Gasteiger partial charge < -0.3 is 9.88 Å². The first-order valence-electron chi connectivity index (χ1n) is 11.4. The van der Waals surface area contributed by atoms with E-state index in [1.54, 1.807) is 18.2 Å². The third-order valence-electron chi connectivity index (χ3n) is 6.61. The summed E-state index contributed by atoms with van der Waals surface area (Å²) in [4.78, 5) is 12.9. The fourth-order valence-electron chi connectivity index (χ4n) is 4.74. The van der Waals surface area contributed by atoms with Crippen molar-refractivity contribution < 1.29 is 9.18 Å². The summed E-state index contributed by atoms with van der Waals surface area (Å²) in [5.74, 6) is -0.649. The lowest BCUT2D eigenvalue weighted by Gasteiger charge is -2.19. The fourth-order valence-corrected chi connectivity index (χ4v) is 4.74. The normalized spacial score (nSPS) is 14.9. The summed E-state index contributed by atoms with van der Waals surface area (Å²) in [6, 6.07) is 21.5. The molecule has 1 heterocycles. The first-order chi connectivity index (χ1) is 16.0. The lowest BCUT2D eigenvalue weighted by atomic mass is 9.91. The highest BCUT2D eigenvalue weighted by Crippen LogP contribution is 2.34. The van der Waals surface area contributed by atoms with Crippen LogP contribution in [0.4, 0.5) is 4.39 Å². The number of aromatic nitrogens is 1. The van der Waals surface area contributed by atoms with E-state index in [-0.39, 0.29) is 24.2 Å². The third-order valence-corrected chi connectivity index (χ3v) is 6.61. The van der Waals surface area contributed by atoms with Gasteiger partial charge in [0, 0.05) is 35.2 Å². The molecule has 1 aliphatic carbocycles. The maximum atomic E-state index is 13.9. The van der Waals surface area contributed by atoms with Gasteiger partial charge in [0.15, 0.2) is 0 Å². The van der Waals surface area contributed by atoms with Gasteiger partial charge >= 0.3 is 0 Å². The Kier molecular flexibility index (Phi) is 5.59. The zero-order chi connectivity index (χ0) is 22.9. The zero-order valence-corrected chi connectivity index (χ0v) is 18.9. The molecule has 1 atom stereocenters. The zero-order valence-electron chi connectivity index (χ0n) is 18.9. The second-order valence-corrected chi connectivity index (χ2v) is 8.88. The molecule has 4 heteroatoms. The molecule has 166 valence electrons. The van der Waals surface area contributed by atoms with Crippen molar-refractivity contribution in [2.45, 2.75) is 33.4 Å². The van der Waals surface area contributed by atoms with E-state index in [1.165, 1.54) is 39.2 Å². The summed E-state index contributed by atoms with van der Waals surface area (Å²) in [6.07, 6.45) is 4.70. The number of aryl methyl sites for hydroxylation is 2. The van der Waals surface area contributed by atoms with Gasteiger partial charge in [-0.2, -0.15) is 0 Å². The molecule has 1 unspecified atom stereocenters. The van der Waals surface area contributed by atoms with Crippen LogP contribution in [0.15, 0.2) is 72.8 Å². The van der Waals surface area contributed by atoms with E-state index >= 15 is 0 Å². The minimum absolute atomic E-state index is 0.0773. The monoisotopic (exact) mass is 438 g/mol. The summed E-state index contributed by atoms with van der Waals surface area (Å²) < 4.78 is 16.3. The third kappa shape index (κ3) is 4.09. The molecule has 1 amide bonds. The summed E-state index contributed by atoms with van der Waals surface area (Å²) in [6.45, 7) is 5.25. The van der Waals surface area contributed by atoms with Gasteiger partial charge in [-0.05, 0) is 55.2 Å². The Balaban J connectivity index is 1.43. The number of carbonyl (C=O) groups excluding carboxylic acids is 1. The Morgan fingerprint density at radius 2 is 1.82 bits per heavy atom. The van der Waals surface area contributed by atoms with Crippen LogP contribution in [0.2, 0.25) is 0 Å². The molecule has 1 N–H and O–H groups in total. The van der Waals surface area contributed by atoms with Crippen molar-refractivity contribution in [1.82, 2.24) is 9.88 Å². The predicted octanol–water partition coefficient (Wildman–Crippen LogP) is 5.95. The molecule has 0 bridgehead atoms. The number of hydrogen-bond acceptors (Lipinski definition) is 1. The van der Waals surface area contributed by atoms with Crippen LogP contribution in [-0.2, 0) is 24.3 Å². The number of para-hydroxylation sites is 1. The molecule has 33 heavy (non-hydrogen) atoms. The maximum absolute atomic E-state index is 13.9. The van der Waals surface area contributed by atoms with Crippen LogP contribution in [-0.4, -0.2) is 10.5 Å². The molecule has 5 rings (SSSR count). The number of nitrogens with zero attached hydrogens (tertiary/aromatic N) is 1. The van der Waals surface area contributed by atoms with Crippen molar-refractivity contribution in [3.63, 3.8) is 0 Å². The largest absolute Gasteiger partial charge is 0.351 e. The molecule has 0 aliphatic heterocycles. The number of halogens is 1. The Morgan fingerprint density at radius 3 is 2.67 bits per heavy atom. The van der Waals surface area contributed by atoms with E-state index in [0.717, 1.165) is 12.2 Å². The average molecular weight is 439 g/mol. The molecular formula is C29H27FN2O. The number of amides is 1. The fraction of sp³-hybridized carbons (Fsp3) is 0.207. The first-order valence-corrected chi connectivity index (χ1v) is 11.4. The molecule has 1 aliphatic rings. The van der Waals surface area contributed by atoms with Crippen molar-refractivity contribution in [3.8, 4) is 0 Å². The van der Waals surface area contributed by atoms with Gasteiger partial charge in [0.05, 0.1) is 5.92 Å². The second-order valence-electron chi connectivity index (χ2n) is 8.88. The van der Waals surface area contributed by atoms with Crippen LogP contribution in [0.3, 0.4) is 0 Å². The Labute approximate surface area is 193 Å². The molecule has 4 aromatic rings. The van der Waals surface area contributed by atoms with Crippen LogP contribution < -0.4 is 5.32 Å². The quantitative estimate of drug-likeness (QED) is 0.411. The van der Waals surface area contributed by atoms with Crippen molar-refractivity contribution in [1.29, 1.82) is 0 Å². The van der Waals surface area contributed by atoms with Crippen LogP contribution in [0.1, 0.15) is 33.5 Å². The summed E-state index contributed by atoms with van der Waals surface area (Å²) in [5, 5.41) is 4.10. The first kappa shape index (κ1) is 21.2. The van der Waals surface area contributed by atoms with Crippen LogP contribution in [0.25, 0.3) is 17.0 Å². The topological polar surface area (TPSA) is 34.0 Å². The van der Waals surface area contributed by atoms with Gasteiger partial charge in [-0.15, -0.1) is 0 Å². The van der Waals surface area contributed by atoms with E-state index in [0.29, 0.717) is 12.0 Å². The lowest BCUT2D eigenvalue weighted by molar-refractivity contribution is -0.123. The van der Waals surface area contributed by atoms with E-state index in [4.69, 9.17) is 0 Å². The Hall–Kier alpha value is -3.66. The van der Waals surface area contributed by atoms with Gasteiger partial charge in [0.2, 0.25) is 5.91 Å². The van der Waals surface area contributed by atoms with E-state index in [2.05, 4.69) is 72.3 Å². The molecule has 1 aromatic heterocycles. The van der Waals surface area contributed by atoms with Crippen molar-refractivity contribution in [2.75, 3.05) is 0 Å². The van der Waals surface area contributed by atoms with Gasteiger partial charge in [-0.25, -0.2) is 4.39 Å². The van der Waals surface area contributed by atoms with Crippen molar-refractivity contribution in [2.24, 2.45) is 5.92 Å². The van der Waals surface area contributed by atoms with Crippen molar-refractivity contribution >= 4 is 22.9 Å². The highest BCUT2D eigenvalue weighted by atomic mass is 19.1. The Bertz CT molecular complexity index is 1380.